The normalized spacial score (nSPS) is 11.0. The van der Waals surface area contributed by atoms with Crippen molar-refractivity contribution in [3.8, 4) is 5.75 Å². The molecule has 2 heterocycles. The summed E-state index contributed by atoms with van der Waals surface area (Å²) in [5.41, 5.74) is 0.946. The van der Waals surface area contributed by atoms with Crippen LogP contribution in [0, 0.1) is 10.1 Å². The van der Waals surface area contributed by atoms with Crippen LogP contribution >= 0.6 is 34.7 Å². The highest BCUT2D eigenvalue weighted by atomic mass is 35.5. The summed E-state index contributed by atoms with van der Waals surface area (Å²) in [4.78, 5) is 15.8. The Balaban J connectivity index is 1.84. The number of thioether (sulfide) groups is 1. The lowest BCUT2D eigenvalue weighted by Crippen LogP contribution is -1.94. The molecule has 0 aliphatic carbocycles. The van der Waals surface area contributed by atoms with Gasteiger partial charge in [0.1, 0.15) is 11.9 Å². The minimum Gasteiger partial charge on any atom is -0.495 e. The number of halogens is 1. The summed E-state index contributed by atoms with van der Waals surface area (Å²) in [5.74, 6) is 1.14. The molecule has 0 saturated heterocycles. The van der Waals surface area contributed by atoms with Crippen molar-refractivity contribution in [1.82, 2.24) is 9.38 Å². The molecule has 22 heavy (non-hydrogen) atoms. The largest absolute Gasteiger partial charge is 0.495 e. The van der Waals surface area contributed by atoms with Crippen LogP contribution in [0.1, 0.15) is 5.56 Å². The second-order valence-corrected chi connectivity index (χ2v) is 6.56. The van der Waals surface area contributed by atoms with Gasteiger partial charge in [0.05, 0.1) is 12.1 Å². The number of hydrogen-bond donors (Lipinski definition) is 0. The van der Waals surface area contributed by atoms with Crippen molar-refractivity contribution >= 4 is 45.5 Å². The summed E-state index contributed by atoms with van der Waals surface area (Å²) in [5, 5.41) is 13.9. The molecule has 0 fully saturated rings. The van der Waals surface area contributed by atoms with Crippen molar-refractivity contribution in [3.63, 3.8) is 0 Å². The molecule has 6 nitrogen and oxygen atoms in total. The van der Waals surface area contributed by atoms with E-state index in [2.05, 4.69) is 4.98 Å². The fourth-order valence-electron chi connectivity index (χ4n) is 1.97. The fraction of sp³-hybridized carbons (Fsp3) is 0.154. The smallest absolute Gasteiger partial charge is 0.362 e. The standard InChI is InChI=1S/C13H10ClN3O3S2/c1-20-10-3-2-8(6-9(10)14)7-22-11-12(17(18)19)16-4-5-21-13(16)15-11/h2-6H,7H2,1H3. The Labute approximate surface area is 138 Å². The van der Waals surface area contributed by atoms with Gasteiger partial charge in [0, 0.05) is 11.1 Å². The second-order valence-electron chi connectivity index (χ2n) is 4.31. The van der Waals surface area contributed by atoms with E-state index < -0.39 is 4.92 Å². The summed E-state index contributed by atoms with van der Waals surface area (Å²) in [6.07, 6.45) is 1.65. The van der Waals surface area contributed by atoms with E-state index in [9.17, 15) is 10.1 Å². The zero-order chi connectivity index (χ0) is 15.7. The molecule has 0 atom stereocenters. The highest BCUT2D eigenvalue weighted by Crippen LogP contribution is 2.34. The third-order valence-corrected chi connectivity index (χ3v) is 5.05. The number of methoxy groups -OCH3 is 1. The van der Waals surface area contributed by atoms with E-state index in [0.29, 0.717) is 26.5 Å². The first-order valence-electron chi connectivity index (χ1n) is 6.15. The molecule has 0 aliphatic rings. The Morgan fingerprint density at radius 3 is 3.05 bits per heavy atom. The molecular weight excluding hydrogens is 346 g/mol. The lowest BCUT2D eigenvalue weighted by atomic mass is 10.2. The predicted octanol–water partition coefficient (Wildman–Crippen LogP) is 4.26. The highest BCUT2D eigenvalue weighted by molar-refractivity contribution is 7.98. The van der Waals surface area contributed by atoms with Crippen LogP contribution in [0.15, 0.2) is 34.8 Å². The van der Waals surface area contributed by atoms with Gasteiger partial charge in [-0.15, -0.1) is 0 Å². The van der Waals surface area contributed by atoms with Crippen LogP contribution in [0.3, 0.4) is 0 Å². The van der Waals surface area contributed by atoms with Crippen molar-refractivity contribution in [2.24, 2.45) is 0 Å². The molecule has 2 aromatic heterocycles. The maximum Gasteiger partial charge on any atom is 0.362 e. The van der Waals surface area contributed by atoms with Crippen molar-refractivity contribution in [3.05, 3.63) is 50.5 Å². The molecule has 3 aromatic rings. The molecule has 0 amide bonds. The average molecular weight is 356 g/mol. The molecule has 0 saturated carbocycles. The Morgan fingerprint density at radius 2 is 2.36 bits per heavy atom. The quantitative estimate of drug-likeness (QED) is 0.388. The van der Waals surface area contributed by atoms with E-state index >= 15 is 0 Å². The first kappa shape index (κ1) is 15.1. The molecule has 0 N–H and O–H groups in total. The number of benzene rings is 1. The number of rotatable bonds is 5. The molecule has 0 unspecified atom stereocenters. The number of aromatic nitrogens is 2. The Bertz CT molecular complexity index is 846. The van der Waals surface area contributed by atoms with Crippen LogP contribution in [0.4, 0.5) is 5.82 Å². The second kappa shape index (κ2) is 6.15. The van der Waals surface area contributed by atoms with Crippen LogP contribution < -0.4 is 4.74 Å². The minimum absolute atomic E-state index is 0.000795. The van der Waals surface area contributed by atoms with Crippen molar-refractivity contribution in [1.29, 1.82) is 0 Å². The fourth-order valence-corrected chi connectivity index (χ4v) is 3.95. The van der Waals surface area contributed by atoms with E-state index in [-0.39, 0.29) is 5.82 Å². The molecular formula is C13H10ClN3O3S2. The molecule has 114 valence electrons. The van der Waals surface area contributed by atoms with Gasteiger partial charge in [0.2, 0.25) is 0 Å². The van der Waals surface area contributed by atoms with Crippen LogP contribution in [0.2, 0.25) is 5.02 Å². The molecule has 1 aromatic carbocycles. The third-order valence-electron chi connectivity index (χ3n) is 2.97. The van der Waals surface area contributed by atoms with Gasteiger partial charge < -0.3 is 14.9 Å². The van der Waals surface area contributed by atoms with E-state index in [4.69, 9.17) is 16.3 Å². The highest BCUT2D eigenvalue weighted by Gasteiger charge is 2.23. The zero-order valence-electron chi connectivity index (χ0n) is 11.4. The van der Waals surface area contributed by atoms with Crippen molar-refractivity contribution < 1.29 is 9.66 Å². The van der Waals surface area contributed by atoms with E-state index in [0.717, 1.165) is 5.56 Å². The Morgan fingerprint density at radius 1 is 1.55 bits per heavy atom. The average Bonchev–Trinajstić information content (AvgIpc) is 3.04. The van der Waals surface area contributed by atoms with Gasteiger partial charge in [-0.1, -0.05) is 40.8 Å². The predicted molar refractivity (Wildman–Crippen MR) is 87.3 cm³/mol. The van der Waals surface area contributed by atoms with Crippen molar-refractivity contribution in [2.45, 2.75) is 10.8 Å². The maximum atomic E-state index is 11.2. The number of ether oxygens (including phenoxy) is 1. The van der Waals surface area contributed by atoms with Gasteiger partial charge in [0.15, 0.2) is 5.03 Å². The lowest BCUT2D eigenvalue weighted by Gasteiger charge is -2.05. The minimum atomic E-state index is -0.407. The SMILES string of the molecule is COc1ccc(CSc2nc3sccn3c2[N+](=O)[O-])cc1Cl. The number of hydrogen-bond acceptors (Lipinski definition) is 6. The third kappa shape index (κ3) is 2.77. The Kier molecular flexibility index (Phi) is 4.23. The Hall–Kier alpha value is -1.77. The monoisotopic (exact) mass is 355 g/mol. The summed E-state index contributed by atoms with van der Waals surface area (Å²) in [6, 6.07) is 5.44. The topological polar surface area (TPSA) is 69.7 Å². The van der Waals surface area contributed by atoms with E-state index in [1.54, 1.807) is 30.8 Å². The molecule has 0 spiro atoms. The van der Waals surface area contributed by atoms with Gasteiger partial charge in [-0.25, -0.2) is 0 Å². The lowest BCUT2D eigenvalue weighted by molar-refractivity contribution is -0.393. The maximum absolute atomic E-state index is 11.2. The van der Waals surface area contributed by atoms with Gasteiger partial charge in [-0.3, -0.25) is 0 Å². The van der Waals surface area contributed by atoms with Crippen LogP contribution in [-0.4, -0.2) is 21.4 Å². The van der Waals surface area contributed by atoms with Crippen LogP contribution in [-0.2, 0) is 5.75 Å². The molecule has 0 bridgehead atoms. The van der Waals surface area contributed by atoms with Gasteiger partial charge in [-0.05, 0) is 22.6 Å². The van der Waals surface area contributed by atoms with Crippen molar-refractivity contribution in [2.75, 3.05) is 7.11 Å². The van der Waals surface area contributed by atoms with Crippen LogP contribution in [0.25, 0.3) is 4.96 Å². The first-order chi connectivity index (χ1) is 10.6. The number of thiazole rings is 1. The number of fused-ring (bicyclic) bond motifs is 1. The summed E-state index contributed by atoms with van der Waals surface area (Å²) >= 11 is 8.76. The summed E-state index contributed by atoms with van der Waals surface area (Å²) in [7, 11) is 1.55. The van der Waals surface area contributed by atoms with Gasteiger partial charge in [-0.2, -0.15) is 9.38 Å². The van der Waals surface area contributed by atoms with Gasteiger partial charge in [0.25, 0.3) is 4.96 Å². The zero-order valence-corrected chi connectivity index (χ0v) is 13.7. The molecule has 0 aliphatic heterocycles. The summed E-state index contributed by atoms with van der Waals surface area (Å²) in [6.45, 7) is 0. The number of nitro groups is 1. The molecule has 0 radical (unpaired) electrons. The first-order valence-corrected chi connectivity index (χ1v) is 8.39. The van der Waals surface area contributed by atoms with E-state index in [1.165, 1.54) is 27.5 Å². The van der Waals surface area contributed by atoms with E-state index in [1.807, 2.05) is 6.07 Å². The molecule has 3 rings (SSSR count). The number of imidazole rings is 1. The molecule has 9 heteroatoms. The van der Waals surface area contributed by atoms with Gasteiger partial charge >= 0.3 is 5.82 Å². The number of nitrogens with zero attached hydrogens (tertiary/aromatic N) is 3. The van der Waals surface area contributed by atoms with Crippen LogP contribution in [0.5, 0.6) is 5.75 Å². The summed E-state index contributed by atoms with van der Waals surface area (Å²) < 4.78 is 6.59.